The Hall–Kier alpha value is -5.41. The molecule has 5 aromatic carbocycles. The summed E-state index contributed by atoms with van der Waals surface area (Å²) in [4.78, 5) is 0. The van der Waals surface area contributed by atoms with E-state index in [2.05, 4.69) is 126 Å². The number of pyridine rings is 1. The van der Waals surface area contributed by atoms with E-state index < -0.39 is 0 Å². The average Bonchev–Trinajstić information content (AvgIpc) is 3.70. The maximum atomic E-state index is 5.89. The van der Waals surface area contributed by atoms with E-state index in [0.717, 1.165) is 50.1 Å². The minimum Gasteiger partial charge on any atom is -0.463 e. The monoisotopic (exact) mass is 512 g/mol. The van der Waals surface area contributed by atoms with E-state index in [1.807, 2.05) is 18.2 Å². The van der Waals surface area contributed by atoms with Crippen LogP contribution in [0.25, 0.3) is 72.0 Å². The average molecular weight is 513 g/mol. The van der Waals surface area contributed by atoms with Crippen LogP contribution in [0.2, 0.25) is 0 Å². The first-order chi connectivity index (χ1) is 19.8. The summed E-state index contributed by atoms with van der Waals surface area (Å²) < 4.78 is 7.95. The van der Waals surface area contributed by atoms with Crippen molar-refractivity contribution in [2.24, 2.45) is 0 Å². The minimum absolute atomic E-state index is 0.786. The lowest BCUT2D eigenvalue weighted by atomic mass is 9.93. The largest absolute Gasteiger partial charge is 0.463 e. The molecule has 8 rings (SSSR count). The first kappa shape index (κ1) is 22.6. The quantitative estimate of drug-likeness (QED) is 0.235. The zero-order valence-electron chi connectivity index (χ0n) is 21.7. The summed E-state index contributed by atoms with van der Waals surface area (Å²) >= 11 is 0. The van der Waals surface area contributed by atoms with Gasteiger partial charge >= 0.3 is 0 Å². The van der Waals surface area contributed by atoms with Gasteiger partial charge in [0.25, 0.3) is 0 Å². The van der Waals surface area contributed by atoms with Crippen LogP contribution in [0.5, 0.6) is 0 Å². The van der Waals surface area contributed by atoms with Crippen LogP contribution in [0.4, 0.5) is 0 Å². The number of hydrogen-bond donors (Lipinski definition) is 0. The lowest BCUT2D eigenvalue weighted by Crippen LogP contribution is -1.94. The fourth-order valence-corrected chi connectivity index (χ4v) is 5.88. The van der Waals surface area contributed by atoms with Gasteiger partial charge in [-0.15, -0.1) is 0 Å². The molecule has 3 heterocycles. The Morgan fingerprint density at radius 2 is 1.23 bits per heavy atom. The van der Waals surface area contributed by atoms with E-state index in [0.29, 0.717) is 0 Å². The molecule has 188 valence electrons. The van der Waals surface area contributed by atoms with Crippen molar-refractivity contribution in [2.75, 3.05) is 0 Å². The van der Waals surface area contributed by atoms with E-state index in [9.17, 15) is 0 Å². The topological polar surface area (TPSA) is 30.4 Å². The van der Waals surface area contributed by atoms with Gasteiger partial charge in [0, 0.05) is 16.5 Å². The minimum atomic E-state index is 0.786. The second-order valence-electron chi connectivity index (χ2n) is 10.1. The third-order valence-corrected chi connectivity index (χ3v) is 7.69. The zero-order valence-corrected chi connectivity index (χ0v) is 21.7. The van der Waals surface area contributed by atoms with Crippen LogP contribution in [0.15, 0.2) is 150 Å². The van der Waals surface area contributed by atoms with Gasteiger partial charge in [-0.3, -0.25) is 0 Å². The summed E-state index contributed by atoms with van der Waals surface area (Å²) in [5.74, 6) is 0.786. The van der Waals surface area contributed by atoms with Crippen LogP contribution in [-0.2, 0) is 0 Å². The standard InChI is InChI=1S/C37H24N2O/c1-2-12-26(13-3-1)36-35(29-17-8-16-27(23-29)31-20-9-15-25-11-4-6-18-30(25)31)37-32-19-7-5-14-28(32)24-33(39(37)38-36)34-21-10-22-40-34/h1-24H. The van der Waals surface area contributed by atoms with Crippen LogP contribution < -0.4 is 0 Å². The lowest BCUT2D eigenvalue weighted by Gasteiger charge is -2.11. The van der Waals surface area contributed by atoms with Crippen LogP contribution in [-0.4, -0.2) is 9.61 Å². The van der Waals surface area contributed by atoms with Crippen LogP contribution >= 0.6 is 0 Å². The molecular weight excluding hydrogens is 488 g/mol. The maximum absolute atomic E-state index is 5.89. The molecule has 40 heavy (non-hydrogen) atoms. The van der Waals surface area contributed by atoms with Crippen LogP contribution in [0, 0.1) is 0 Å². The molecule has 0 unspecified atom stereocenters. The highest BCUT2D eigenvalue weighted by atomic mass is 16.3. The molecule has 0 amide bonds. The van der Waals surface area contributed by atoms with Gasteiger partial charge in [-0.05, 0) is 57.1 Å². The molecule has 0 atom stereocenters. The zero-order chi connectivity index (χ0) is 26.5. The van der Waals surface area contributed by atoms with Crippen molar-refractivity contribution in [3.8, 4) is 45.0 Å². The predicted octanol–water partition coefficient (Wildman–Crippen LogP) is 9.90. The van der Waals surface area contributed by atoms with Crippen molar-refractivity contribution in [1.82, 2.24) is 9.61 Å². The summed E-state index contributed by atoms with van der Waals surface area (Å²) in [6.07, 6.45) is 1.71. The summed E-state index contributed by atoms with van der Waals surface area (Å²) in [6, 6.07) is 49.0. The third kappa shape index (κ3) is 3.56. The van der Waals surface area contributed by atoms with Crippen molar-refractivity contribution < 1.29 is 4.42 Å². The predicted molar refractivity (Wildman–Crippen MR) is 164 cm³/mol. The highest BCUT2D eigenvalue weighted by Crippen LogP contribution is 2.42. The molecule has 0 bridgehead atoms. The second-order valence-corrected chi connectivity index (χ2v) is 10.1. The van der Waals surface area contributed by atoms with Gasteiger partial charge < -0.3 is 4.42 Å². The number of furan rings is 1. The Labute approximate surface area is 231 Å². The highest BCUT2D eigenvalue weighted by molar-refractivity contribution is 6.09. The number of fused-ring (bicyclic) bond motifs is 4. The first-order valence-corrected chi connectivity index (χ1v) is 13.5. The normalized spacial score (nSPS) is 11.5. The first-order valence-electron chi connectivity index (χ1n) is 13.5. The smallest absolute Gasteiger partial charge is 0.152 e. The molecule has 0 aliphatic rings. The fraction of sp³-hybridized carbons (Fsp3) is 0. The molecule has 0 aliphatic carbocycles. The van der Waals surface area contributed by atoms with E-state index in [4.69, 9.17) is 9.52 Å². The summed E-state index contributed by atoms with van der Waals surface area (Å²) in [6.45, 7) is 0. The lowest BCUT2D eigenvalue weighted by molar-refractivity contribution is 0.578. The Morgan fingerprint density at radius 3 is 2.08 bits per heavy atom. The molecule has 0 saturated heterocycles. The molecule has 3 heteroatoms. The van der Waals surface area contributed by atoms with Crippen LogP contribution in [0.3, 0.4) is 0 Å². The summed E-state index contributed by atoms with van der Waals surface area (Å²) in [5.41, 5.74) is 8.65. The molecule has 0 N–H and O–H groups in total. The molecule has 3 nitrogen and oxygen atoms in total. The van der Waals surface area contributed by atoms with E-state index in [-0.39, 0.29) is 0 Å². The molecule has 0 radical (unpaired) electrons. The van der Waals surface area contributed by atoms with Gasteiger partial charge in [0.2, 0.25) is 0 Å². The van der Waals surface area contributed by atoms with Crippen molar-refractivity contribution in [3.63, 3.8) is 0 Å². The number of rotatable bonds is 4. The van der Waals surface area contributed by atoms with Gasteiger partial charge in [0.15, 0.2) is 5.76 Å². The SMILES string of the molecule is c1ccc(-c2nn3c(-c4ccco4)cc4ccccc4c3c2-c2cccc(-c3cccc4ccccc34)c2)cc1. The van der Waals surface area contributed by atoms with Crippen molar-refractivity contribution in [1.29, 1.82) is 0 Å². The summed E-state index contributed by atoms with van der Waals surface area (Å²) in [7, 11) is 0. The van der Waals surface area contributed by atoms with Crippen molar-refractivity contribution in [2.45, 2.75) is 0 Å². The molecule has 3 aromatic heterocycles. The van der Waals surface area contributed by atoms with Gasteiger partial charge in [0.1, 0.15) is 11.4 Å². The van der Waals surface area contributed by atoms with Gasteiger partial charge in [-0.25, -0.2) is 4.52 Å². The second kappa shape index (κ2) is 9.11. The van der Waals surface area contributed by atoms with Crippen molar-refractivity contribution in [3.05, 3.63) is 146 Å². The Bertz CT molecular complexity index is 2150. The van der Waals surface area contributed by atoms with Gasteiger partial charge in [-0.2, -0.15) is 5.10 Å². The highest BCUT2D eigenvalue weighted by Gasteiger charge is 2.22. The van der Waals surface area contributed by atoms with E-state index in [1.165, 1.54) is 21.9 Å². The molecular formula is C37H24N2O. The van der Waals surface area contributed by atoms with Gasteiger partial charge in [-0.1, -0.05) is 115 Å². The van der Waals surface area contributed by atoms with Crippen LogP contribution in [0.1, 0.15) is 0 Å². The Morgan fingerprint density at radius 1 is 0.525 bits per heavy atom. The third-order valence-electron chi connectivity index (χ3n) is 7.69. The number of benzene rings is 5. The molecule has 0 spiro atoms. The maximum Gasteiger partial charge on any atom is 0.152 e. The molecule has 0 saturated carbocycles. The fourth-order valence-electron chi connectivity index (χ4n) is 5.88. The Balaban J connectivity index is 1.48. The van der Waals surface area contributed by atoms with Crippen molar-refractivity contribution >= 4 is 27.1 Å². The molecule has 0 fully saturated rings. The number of nitrogens with zero attached hydrogens (tertiary/aromatic N) is 2. The summed E-state index contributed by atoms with van der Waals surface area (Å²) in [5, 5.41) is 10.1. The van der Waals surface area contributed by atoms with E-state index in [1.54, 1.807) is 6.26 Å². The molecule has 8 aromatic rings. The van der Waals surface area contributed by atoms with E-state index >= 15 is 0 Å². The Kier molecular flexibility index (Phi) is 5.14. The number of hydrogen-bond acceptors (Lipinski definition) is 2. The van der Waals surface area contributed by atoms with Gasteiger partial charge in [0.05, 0.1) is 11.8 Å². The molecule has 0 aliphatic heterocycles. The number of aromatic nitrogens is 2.